The van der Waals surface area contributed by atoms with Crippen LogP contribution >= 0.6 is 0 Å². The predicted octanol–water partition coefficient (Wildman–Crippen LogP) is 13.0. The van der Waals surface area contributed by atoms with Crippen molar-refractivity contribution in [3.63, 3.8) is 0 Å². The lowest BCUT2D eigenvalue weighted by molar-refractivity contribution is -0.143. The second-order valence-corrected chi connectivity index (χ2v) is 15.9. The largest absolute Gasteiger partial charge is 0.466 e. The number of Topliss-reactive ketones (excluding diaryl/α,β-unsaturated/α-hetero) is 1. The Morgan fingerprint density at radius 1 is 0.481 bits per heavy atom. The summed E-state index contributed by atoms with van der Waals surface area (Å²) in [4.78, 5) is 27.4. The van der Waals surface area contributed by atoms with Gasteiger partial charge in [0.05, 0.1) is 13.2 Å². The fourth-order valence-corrected chi connectivity index (χ4v) is 7.27. The monoisotopic (exact) mass is 738 g/mol. The summed E-state index contributed by atoms with van der Waals surface area (Å²) in [6, 6.07) is 0. The van der Waals surface area contributed by atoms with Gasteiger partial charge in [0.1, 0.15) is 6.61 Å². The van der Waals surface area contributed by atoms with E-state index >= 15 is 0 Å². The zero-order chi connectivity index (χ0) is 38.0. The minimum Gasteiger partial charge on any atom is -0.466 e. The maximum absolute atomic E-state index is 13.0. The number of esters is 1. The highest BCUT2D eigenvalue weighted by atomic mass is 16.5. The predicted molar refractivity (Wildman–Crippen MR) is 223 cm³/mol. The molecule has 0 saturated heterocycles. The van der Waals surface area contributed by atoms with Gasteiger partial charge in [-0.2, -0.15) is 0 Å². The molecule has 0 fully saturated rings. The van der Waals surface area contributed by atoms with Crippen LogP contribution in [-0.4, -0.2) is 67.8 Å². The van der Waals surface area contributed by atoms with Crippen molar-refractivity contribution in [1.29, 1.82) is 0 Å². The lowest BCUT2D eigenvalue weighted by Gasteiger charge is -2.21. The van der Waals surface area contributed by atoms with Gasteiger partial charge >= 0.3 is 5.97 Å². The summed E-state index contributed by atoms with van der Waals surface area (Å²) >= 11 is 0. The molecule has 310 valence electrons. The molecule has 0 saturated carbocycles. The number of hydrogen-bond acceptors (Lipinski definition) is 6. The number of ether oxygens (including phenoxy) is 2. The summed E-state index contributed by atoms with van der Waals surface area (Å²) in [7, 11) is 0. The molecule has 0 aliphatic heterocycles. The second kappa shape index (κ2) is 42.8. The fraction of sp³-hybridized carbons (Fsp3) is 0.957. The van der Waals surface area contributed by atoms with E-state index in [0.717, 1.165) is 64.6 Å². The van der Waals surface area contributed by atoms with Crippen LogP contribution in [0, 0.1) is 5.92 Å². The summed E-state index contributed by atoms with van der Waals surface area (Å²) in [5, 5.41) is 9.53. The number of nitrogens with zero attached hydrogens (tertiary/aromatic N) is 1. The van der Waals surface area contributed by atoms with Crippen LogP contribution in [0.2, 0.25) is 0 Å². The third kappa shape index (κ3) is 37.3. The first-order valence-electron chi connectivity index (χ1n) is 23.2. The van der Waals surface area contributed by atoms with Crippen molar-refractivity contribution >= 4 is 11.8 Å². The molecule has 0 unspecified atom stereocenters. The Morgan fingerprint density at radius 3 is 1.37 bits per heavy atom. The number of hydrogen-bond donors (Lipinski definition) is 1. The van der Waals surface area contributed by atoms with E-state index in [0.29, 0.717) is 32.0 Å². The highest BCUT2D eigenvalue weighted by molar-refractivity contribution is 5.82. The van der Waals surface area contributed by atoms with Gasteiger partial charge in [-0.15, -0.1) is 0 Å². The fourth-order valence-electron chi connectivity index (χ4n) is 7.27. The molecular weight excluding hydrogens is 647 g/mol. The van der Waals surface area contributed by atoms with Crippen LogP contribution in [0.15, 0.2) is 0 Å². The van der Waals surface area contributed by atoms with Crippen LogP contribution in [0.25, 0.3) is 0 Å². The quantitative estimate of drug-likeness (QED) is 0.0496. The van der Waals surface area contributed by atoms with Gasteiger partial charge in [-0.05, 0) is 58.0 Å². The third-order valence-electron chi connectivity index (χ3n) is 10.8. The van der Waals surface area contributed by atoms with E-state index in [-0.39, 0.29) is 18.5 Å². The van der Waals surface area contributed by atoms with Crippen molar-refractivity contribution < 1.29 is 24.2 Å². The van der Waals surface area contributed by atoms with E-state index in [1.807, 2.05) is 0 Å². The molecule has 0 aliphatic rings. The molecule has 0 rings (SSSR count). The highest BCUT2D eigenvalue weighted by Gasteiger charge is 2.18. The van der Waals surface area contributed by atoms with E-state index < -0.39 is 0 Å². The molecule has 0 aromatic rings. The topological polar surface area (TPSA) is 76.1 Å². The maximum atomic E-state index is 13.0. The van der Waals surface area contributed by atoms with E-state index in [9.17, 15) is 14.7 Å². The van der Waals surface area contributed by atoms with Crippen molar-refractivity contribution in [2.45, 2.75) is 233 Å². The van der Waals surface area contributed by atoms with Crippen LogP contribution in [0.5, 0.6) is 0 Å². The highest BCUT2D eigenvalue weighted by Crippen LogP contribution is 2.21. The zero-order valence-electron chi connectivity index (χ0n) is 35.4. The molecule has 0 bridgehead atoms. The number of unbranched alkanes of at least 4 members (excludes halogenated alkanes) is 25. The normalized spacial score (nSPS) is 11.7. The lowest BCUT2D eigenvalue weighted by Crippen LogP contribution is -2.29. The van der Waals surface area contributed by atoms with Crippen LogP contribution in [0.1, 0.15) is 233 Å². The number of carbonyl (C=O) groups is 2. The first-order valence-corrected chi connectivity index (χ1v) is 23.2. The molecule has 0 aliphatic carbocycles. The van der Waals surface area contributed by atoms with Gasteiger partial charge in [-0.3, -0.25) is 9.59 Å². The van der Waals surface area contributed by atoms with Crippen LogP contribution in [0.3, 0.4) is 0 Å². The van der Waals surface area contributed by atoms with Crippen LogP contribution in [0.4, 0.5) is 0 Å². The number of ketones is 1. The molecule has 6 nitrogen and oxygen atoms in total. The number of rotatable bonds is 44. The van der Waals surface area contributed by atoms with E-state index in [1.165, 1.54) is 161 Å². The number of aliphatic hydroxyl groups is 1. The summed E-state index contributed by atoms with van der Waals surface area (Å²) < 4.78 is 11.3. The Kier molecular flexibility index (Phi) is 42.0. The minimum absolute atomic E-state index is 0.0219. The average molecular weight is 738 g/mol. The lowest BCUT2D eigenvalue weighted by atomic mass is 9.91. The standard InChI is InChI=1S/C46H91NO5/c1-4-7-10-13-16-22-29-36-46(50)52-42-33-26-19-24-31-38-47(39-40-48)37-30-23-17-18-25-32-41-51-43-45(49)44(34-27-20-14-11-8-5-2)35-28-21-15-12-9-6-3/h44,48H,4-43H2,1-3H3. The van der Waals surface area contributed by atoms with E-state index in [4.69, 9.17) is 9.47 Å². The third-order valence-corrected chi connectivity index (χ3v) is 10.8. The summed E-state index contributed by atoms with van der Waals surface area (Å²) in [5.41, 5.74) is 0. The number of aliphatic hydroxyl groups excluding tert-OH is 1. The van der Waals surface area contributed by atoms with Gasteiger partial charge in [0.15, 0.2) is 5.78 Å². The Labute approximate surface area is 324 Å². The number of carbonyl (C=O) groups excluding carboxylic acids is 2. The molecule has 0 atom stereocenters. The van der Waals surface area contributed by atoms with Crippen molar-refractivity contribution in [1.82, 2.24) is 4.90 Å². The van der Waals surface area contributed by atoms with Crippen molar-refractivity contribution in [2.75, 3.05) is 46.1 Å². The smallest absolute Gasteiger partial charge is 0.305 e. The van der Waals surface area contributed by atoms with Gasteiger partial charge in [-0.25, -0.2) is 0 Å². The van der Waals surface area contributed by atoms with Gasteiger partial charge in [0.2, 0.25) is 0 Å². The van der Waals surface area contributed by atoms with E-state index in [2.05, 4.69) is 25.7 Å². The van der Waals surface area contributed by atoms with Crippen LogP contribution in [-0.2, 0) is 19.1 Å². The van der Waals surface area contributed by atoms with Gasteiger partial charge in [0, 0.05) is 25.5 Å². The molecule has 6 heteroatoms. The molecule has 0 aromatic heterocycles. The first-order chi connectivity index (χ1) is 25.6. The van der Waals surface area contributed by atoms with Crippen molar-refractivity contribution in [2.24, 2.45) is 5.92 Å². The molecule has 0 radical (unpaired) electrons. The summed E-state index contributed by atoms with van der Waals surface area (Å²) in [6.07, 6.45) is 39.4. The van der Waals surface area contributed by atoms with Gasteiger partial charge in [0.25, 0.3) is 0 Å². The zero-order valence-corrected chi connectivity index (χ0v) is 35.4. The molecule has 0 aromatic carbocycles. The summed E-state index contributed by atoms with van der Waals surface area (Å²) in [6.45, 7) is 11.5. The average Bonchev–Trinajstić information content (AvgIpc) is 3.14. The van der Waals surface area contributed by atoms with Crippen LogP contribution < -0.4 is 0 Å². The minimum atomic E-state index is -0.0219. The molecular formula is C46H91NO5. The van der Waals surface area contributed by atoms with Gasteiger partial charge < -0.3 is 19.5 Å². The Morgan fingerprint density at radius 2 is 0.885 bits per heavy atom. The Hall–Kier alpha value is -0.980. The molecule has 0 spiro atoms. The summed E-state index contributed by atoms with van der Waals surface area (Å²) in [5.74, 6) is 0.530. The Balaban J connectivity index is 3.86. The SMILES string of the molecule is CCCCCCCCCC(=O)OCCCCCCCN(CCO)CCCCCCCCOCC(=O)C(CCCCCCCC)CCCCCCCC. The van der Waals surface area contributed by atoms with E-state index in [1.54, 1.807) is 0 Å². The first kappa shape index (κ1) is 51.0. The van der Waals surface area contributed by atoms with Gasteiger partial charge in [-0.1, -0.05) is 181 Å². The second-order valence-electron chi connectivity index (χ2n) is 15.9. The van der Waals surface area contributed by atoms with Crippen molar-refractivity contribution in [3.05, 3.63) is 0 Å². The maximum Gasteiger partial charge on any atom is 0.305 e. The molecule has 52 heavy (non-hydrogen) atoms. The Bertz CT molecular complexity index is 716. The molecule has 1 N–H and O–H groups in total. The molecule has 0 heterocycles. The van der Waals surface area contributed by atoms with Crippen molar-refractivity contribution in [3.8, 4) is 0 Å². The molecule has 0 amide bonds.